The van der Waals surface area contributed by atoms with E-state index in [-0.39, 0.29) is 19.0 Å². The summed E-state index contributed by atoms with van der Waals surface area (Å²) in [4.78, 5) is 31.2. The summed E-state index contributed by atoms with van der Waals surface area (Å²) < 4.78 is 25.8. The van der Waals surface area contributed by atoms with Crippen LogP contribution in [0.4, 0.5) is 20.6 Å². The molecule has 0 spiro atoms. The Kier molecular flexibility index (Phi) is 9.88. The second-order valence-electron chi connectivity index (χ2n) is 8.56. The Hall–Kier alpha value is -3.70. The van der Waals surface area contributed by atoms with E-state index in [0.29, 0.717) is 25.2 Å². The van der Waals surface area contributed by atoms with Crippen molar-refractivity contribution in [2.24, 2.45) is 4.99 Å². The highest BCUT2D eigenvalue weighted by Gasteiger charge is 2.13. The van der Waals surface area contributed by atoms with Gasteiger partial charge < -0.3 is 29.6 Å². The molecule has 0 aliphatic carbocycles. The number of nitrogens with zero attached hydrogens (tertiary/aromatic N) is 3. The van der Waals surface area contributed by atoms with E-state index in [2.05, 4.69) is 49.7 Å². The van der Waals surface area contributed by atoms with Crippen LogP contribution in [0.1, 0.15) is 13.3 Å². The molecule has 2 aromatic carbocycles. The molecule has 0 saturated carbocycles. The third kappa shape index (κ3) is 7.65. The molecule has 0 unspecified atom stereocenters. The van der Waals surface area contributed by atoms with E-state index in [0.717, 1.165) is 48.0 Å². The van der Waals surface area contributed by atoms with Crippen LogP contribution in [0.5, 0.6) is 0 Å². The average Bonchev–Trinajstić information content (AvgIpc) is 3.34. The zero-order valence-corrected chi connectivity index (χ0v) is 22.1. The molecular weight excluding hydrogens is 509 g/mol. The van der Waals surface area contributed by atoms with Crippen LogP contribution in [0.25, 0.3) is 11.3 Å². The number of ether oxygens (including phenoxy) is 2. The number of urea groups is 1. The van der Waals surface area contributed by atoms with Gasteiger partial charge in [-0.1, -0.05) is 12.1 Å². The molecule has 0 radical (unpaired) electrons. The average molecular weight is 542 g/mol. The molecule has 1 aromatic heterocycles. The summed E-state index contributed by atoms with van der Waals surface area (Å²) in [6.07, 6.45) is 0.638. The van der Waals surface area contributed by atoms with Gasteiger partial charge in [-0.25, -0.2) is 14.2 Å². The lowest BCUT2D eigenvalue weighted by atomic mass is 10.1. The highest BCUT2D eigenvalue weighted by Crippen LogP contribution is 2.25. The molecule has 9 nitrogen and oxygen atoms in total. The van der Waals surface area contributed by atoms with Crippen molar-refractivity contribution >= 4 is 34.7 Å². The molecule has 11 heteroatoms. The highest BCUT2D eigenvalue weighted by atomic mass is 32.1. The molecule has 2 amide bonds. The first-order valence-electron chi connectivity index (χ1n) is 12.6. The largest absolute Gasteiger partial charge is 0.465 e. The first kappa shape index (κ1) is 27.3. The smallest absolute Gasteiger partial charge is 0.325 e. The van der Waals surface area contributed by atoms with Crippen LogP contribution in [-0.4, -0.2) is 62.6 Å². The summed E-state index contributed by atoms with van der Waals surface area (Å²) in [7, 11) is 0. The first-order valence-corrected chi connectivity index (χ1v) is 13.5. The Balaban J connectivity index is 1.47. The van der Waals surface area contributed by atoms with Gasteiger partial charge >= 0.3 is 12.0 Å². The molecular formula is C27H32FN5O4S. The lowest BCUT2D eigenvalue weighted by molar-refractivity contribution is -0.141. The van der Waals surface area contributed by atoms with E-state index < -0.39 is 12.0 Å². The first-order chi connectivity index (χ1) is 18.5. The van der Waals surface area contributed by atoms with E-state index >= 15 is 0 Å². The van der Waals surface area contributed by atoms with Crippen LogP contribution >= 0.6 is 11.3 Å². The van der Waals surface area contributed by atoms with Gasteiger partial charge in [-0.15, -0.1) is 11.3 Å². The number of amides is 2. The van der Waals surface area contributed by atoms with Gasteiger partial charge in [0.15, 0.2) is 4.80 Å². The van der Waals surface area contributed by atoms with Gasteiger partial charge in [0.05, 0.1) is 31.2 Å². The molecule has 202 valence electrons. The maximum atomic E-state index is 13.4. The number of carbonyl (C=O) groups is 2. The summed E-state index contributed by atoms with van der Waals surface area (Å²) >= 11 is 1.51. The number of hydrogen-bond acceptors (Lipinski definition) is 7. The molecule has 1 saturated heterocycles. The molecule has 1 aliphatic rings. The number of thiazole rings is 1. The molecule has 3 aromatic rings. The number of anilines is 1. The van der Waals surface area contributed by atoms with Crippen LogP contribution in [-0.2, 0) is 20.8 Å². The maximum Gasteiger partial charge on any atom is 0.325 e. The van der Waals surface area contributed by atoms with Crippen molar-refractivity contribution in [2.45, 2.75) is 19.9 Å². The van der Waals surface area contributed by atoms with Gasteiger partial charge in [-0.3, -0.25) is 4.79 Å². The summed E-state index contributed by atoms with van der Waals surface area (Å²) in [6, 6.07) is 14.1. The van der Waals surface area contributed by atoms with Crippen LogP contribution in [0.3, 0.4) is 0 Å². The number of rotatable bonds is 10. The van der Waals surface area contributed by atoms with Crippen LogP contribution in [0, 0.1) is 5.82 Å². The number of halogens is 1. The minimum absolute atomic E-state index is 0.176. The normalized spacial score (nSPS) is 13.8. The number of morpholine rings is 1. The van der Waals surface area contributed by atoms with E-state index in [1.54, 1.807) is 19.1 Å². The third-order valence-electron chi connectivity index (χ3n) is 5.93. The third-order valence-corrected chi connectivity index (χ3v) is 6.79. The number of esters is 1. The Morgan fingerprint density at radius 3 is 2.53 bits per heavy atom. The van der Waals surface area contributed by atoms with Gasteiger partial charge in [-0.2, -0.15) is 0 Å². The number of benzene rings is 2. The second kappa shape index (κ2) is 13.7. The molecule has 0 atom stereocenters. The quantitative estimate of drug-likeness (QED) is 0.302. The van der Waals surface area contributed by atoms with Gasteiger partial charge in [0.25, 0.3) is 0 Å². The van der Waals surface area contributed by atoms with Gasteiger partial charge in [-0.05, 0) is 55.3 Å². The number of carbonyl (C=O) groups excluding carboxylic acids is 2. The van der Waals surface area contributed by atoms with E-state index in [4.69, 9.17) is 14.5 Å². The fourth-order valence-electron chi connectivity index (χ4n) is 4.02. The van der Waals surface area contributed by atoms with E-state index in [9.17, 15) is 14.0 Å². The Morgan fingerprint density at radius 2 is 1.82 bits per heavy atom. The summed E-state index contributed by atoms with van der Waals surface area (Å²) in [5.41, 5.74) is 3.89. The molecule has 1 aliphatic heterocycles. The minimum atomic E-state index is -0.479. The predicted octanol–water partition coefficient (Wildman–Crippen LogP) is 3.68. The Labute approximate surface area is 224 Å². The molecule has 1 fully saturated rings. The molecule has 38 heavy (non-hydrogen) atoms. The number of aromatic nitrogens is 1. The van der Waals surface area contributed by atoms with E-state index in [1.807, 2.05) is 0 Å². The lowest BCUT2D eigenvalue weighted by Gasteiger charge is -2.28. The van der Waals surface area contributed by atoms with Crippen LogP contribution in [0.2, 0.25) is 0 Å². The highest BCUT2D eigenvalue weighted by molar-refractivity contribution is 7.07. The minimum Gasteiger partial charge on any atom is -0.465 e. The monoisotopic (exact) mass is 541 g/mol. The van der Waals surface area contributed by atoms with Crippen molar-refractivity contribution in [2.75, 3.05) is 50.9 Å². The van der Waals surface area contributed by atoms with Crippen molar-refractivity contribution in [1.82, 2.24) is 15.2 Å². The summed E-state index contributed by atoms with van der Waals surface area (Å²) in [5.74, 6) is -0.788. The van der Waals surface area contributed by atoms with Crippen LogP contribution < -0.4 is 20.3 Å². The van der Waals surface area contributed by atoms with Crippen molar-refractivity contribution < 1.29 is 23.5 Å². The standard InChI is InChI=1S/C27H32FN5O4S/c1-2-37-25(34)18-30-26(35)29-12-3-13-33-24(19-38-27(33)31-22-8-6-21(28)7-9-22)20-4-10-23(11-5-20)32-14-16-36-17-15-32/h4-11,19H,2-3,12-18H2,1H3,(H2,29,30,35). The van der Waals surface area contributed by atoms with Gasteiger partial charge in [0, 0.05) is 37.2 Å². The number of hydrogen-bond donors (Lipinski definition) is 2. The molecule has 2 N–H and O–H groups in total. The van der Waals surface area contributed by atoms with Crippen molar-refractivity contribution in [3.8, 4) is 11.3 Å². The molecule has 4 rings (SSSR count). The van der Waals surface area contributed by atoms with E-state index in [1.165, 1.54) is 23.5 Å². The fraction of sp³-hybridized carbons (Fsp3) is 0.370. The number of nitrogens with one attached hydrogen (secondary N) is 2. The van der Waals surface area contributed by atoms with Gasteiger partial charge in [0.2, 0.25) is 0 Å². The zero-order valence-electron chi connectivity index (χ0n) is 21.3. The molecule has 0 bridgehead atoms. The SMILES string of the molecule is CCOC(=O)CNC(=O)NCCCn1c(-c2ccc(N3CCOCC3)cc2)csc1=Nc1ccc(F)cc1. The molecule has 2 heterocycles. The van der Waals surface area contributed by atoms with Crippen molar-refractivity contribution in [3.63, 3.8) is 0 Å². The topological polar surface area (TPSA) is 97.2 Å². The fourth-order valence-corrected chi connectivity index (χ4v) is 4.98. The van der Waals surface area contributed by atoms with Gasteiger partial charge in [0.1, 0.15) is 12.4 Å². The summed E-state index contributed by atoms with van der Waals surface area (Å²) in [5, 5.41) is 7.32. The van der Waals surface area contributed by atoms with Crippen molar-refractivity contribution in [3.05, 3.63) is 64.5 Å². The lowest BCUT2D eigenvalue weighted by Crippen LogP contribution is -2.39. The summed E-state index contributed by atoms with van der Waals surface area (Å²) in [6.45, 7) is 6.02. The zero-order chi connectivity index (χ0) is 26.7. The van der Waals surface area contributed by atoms with Crippen LogP contribution in [0.15, 0.2) is 58.9 Å². The van der Waals surface area contributed by atoms with Crippen molar-refractivity contribution in [1.29, 1.82) is 0 Å². The maximum absolute atomic E-state index is 13.4. The predicted molar refractivity (Wildman–Crippen MR) is 145 cm³/mol. The second-order valence-corrected chi connectivity index (χ2v) is 9.39. The Bertz CT molecular complexity index is 1270. The Morgan fingerprint density at radius 1 is 1.08 bits per heavy atom.